The number of ether oxygens (including phenoxy) is 2. The highest BCUT2D eigenvalue weighted by atomic mass is 16.5. The Hall–Kier alpha value is -1.52. The van der Waals surface area contributed by atoms with Gasteiger partial charge in [0.25, 0.3) is 0 Å². The van der Waals surface area contributed by atoms with Gasteiger partial charge in [0, 0.05) is 17.9 Å². The number of rotatable bonds is 7. The highest BCUT2D eigenvalue weighted by Crippen LogP contribution is 2.73. The van der Waals surface area contributed by atoms with E-state index < -0.39 is 11.7 Å². The van der Waals surface area contributed by atoms with Crippen molar-refractivity contribution >= 4 is 0 Å². The van der Waals surface area contributed by atoms with Gasteiger partial charge in [0.15, 0.2) is 0 Å². The smallest absolute Gasteiger partial charge is 0.130 e. The molecule has 4 nitrogen and oxygen atoms in total. The summed E-state index contributed by atoms with van der Waals surface area (Å²) in [5.74, 6) is 3.05. The molecule has 0 aromatic heterocycles. The van der Waals surface area contributed by atoms with Crippen LogP contribution in [0.25, 0.3) is 0 Å². The summed E-state index contributed by atoms with van der Waals surface area (Å²) < 4.78 is 12.8. The average Bonchev–Trinajstić information content (AvgIpc) is 3.35. The van der Waals surface area contributed by atoms with Crippen molar-refractivity contribution in [3.8, 4) is 11.5 Å². The fourth-order valence-corrected chi connectivity index (χ4v) is 5.79. The van der Waals surface area contributed by atoms with Crippen LogP contribution in [0.2, 0.25) is 0 Å². The van der Waals surface area contributed by atoms with Gasteiger partial charge in [0.2, 0.25) is 0 Å². The number of aliphatic hydroxyl groups is 2. The summed E-state index contributed by atoms with van der Waals surface area (Å²) in [6.07, 6.45) is 6.85. The van der Waals surface area contributed by atoms with Gasteiger partial charge in [-0.25, -0.2) is 0 Å². The van der Waals surface area contributed by atoms with E-state index in [1.807, 2.05) is 12.1 Å². The van der Waals surface area contributed by atoms with Crippen molar-refractivity contribution in [3.63, 3.8) is 0 Å². The Bertz CT molecular complexity index is 793. The summed E-state index contributed by atoms with van der Waals surface area (Å²) in [7, 11) is 0. The molecule has 0 saturated heterocycles. The van der Waals surface area contributed by atoms with Crippen LogP contribution in [0.1, 0.15) is 64.5 Å². The maximum absolute atomic E-state index is 10.5. The lowest BCUT2D eigenvalue weighted by Crippen LogP contribution is -2.41. The van der Waals surface area contributed by atoms with Crippen molar-refractivity contribution < 1.29 is 19.7 Å². The first kappa shape index (κ1) is 20.7. The molecule has 0 unspecified atom stereocenters. The summed E-state index contributed by atoms with van der Waals surface area (Å²) in [6, 6.07) is 3.96. The molecule has 160 valence electrons. The molecule has 2 saturated carbocycles. The molecule has 1 aromatic carbocycles. The second-order valence-corrected chi connectivity index (χ2v) is 10.3. The van der Waals surface area contributed by atoms with E-state index in [1.165, 1.54) is 12.8 Å². The van der Waals surface area contributed by atoms with Gasteiger partial charge in [-0.3, -0.25) is 0 Å². The van der Waals surface area contributed by atoms with Gasteiger partial charge in [-0.2, -0.15) is 0 Å². The maximum atomic E-state index is 10.5. The van der Waals surface area contributed by atoms with Gasteiger partial charge in [0.05, 0.1) is 11.7 Å². The van der Waals surface area contributed by atoms with Gasteiger partial charge >= 0.3 is 0 Å². The number of benzene rings is 1. The zero-order chi connectivity index (χ0) is 21.0. The van der Waals surface area contributed by atoms with E-state index >= 15 is 0 Å². The Morgan fingerprint density at radius 1 is 1.31 bits per heavy atom. The second-order valence-electron chi connectivity index (χ2n) is 10.3. The van der Waals surface area contributed by atoms with E-state index in [1.54, 1.807) is 19.9 Å². The lowest BCUT2D eigenvalue weighted by Gasteiger charge is -2.39. The largest absolute Gasteiger partial charge is 0.489 e. The van der Waals surface area contributed by atoms with E-state index in [4.69, 9.17) is 9.47 Å². The Kier molecular flexibility index (Phi) is 5.02. The van der Waals surface area contributed by atoms with Gasteiger partial charge in [-0.05, 0) is 68.9 Å². The van der Waals surface area contributed by atoms with E-state index in [0.29, 0.717) is 30.3 Å². The molecule has 1 aliphatic heterocycles. The molecule has 0 amide bonds. The zero-order valence-electron chi connectivity index (χ0n) is 18.3. The summed E-state index contributed by atoms with van der Waals surface area (Å²) in [6.45, 7) is 12.2. The fraction of sp³-hybridized carbons (Fsp3) is 0.680. The van der Waals surface area contributed by atoms with Gasteiger partial charge in [-0.15, -0.1) is 0 Å². The molecule has 3 aliphatic rings. The molecule has 0 bridgehead atoms. The molecule has 1 spiro atoms. The lowest BCUT2D eigenvalue weighted by atomic mass is 9.84. The second kappa shape index (κ2) is 7.02. The summed E-state index contributed by atoms with van der Waals surface area (Å²) in [5.41, 5.74) is 1.28. The van der Waals surface area contributed by atoms with Gasteiger partial charge < -0.3 is 19.7 Å². The summed E-state index contributed by atoms with van der Waals surface area (Å²) >= 11 is 0. The SMILES string of the molecule is C=CCOc1ccc(C[C@@H](O)C(C)(C)O)c2c1CC[C@@]1(CC[C@@]3(C(C)C)C[C@@H]13)O2. The third-order valence-corrected chi connectivity index (χ3v) is 7.90. The maximum Gasteiger partial charge on any atom is 0.130 e. The molecule has 2 fully saturated rings. The monoisotopic (exact) mass is 400 g/mol. The number of hydrogen-bond donors (Lipinski definition) is 2. The molecule has 1 aromatic rings. The molecule has 29 heavy (non-hydrogen) atoms. The van der Waals surface area contributed by atoms with Crippen molar-refractivity contribution in [1.29, 1.82) is 0 Å². The van der Waals surface area contributed by atoms with Crippen LogP contribution in [0.15, 0.2) is 24.8 Å². The van der Waals surface area contributed by atoms with Crippen LogP contribution >= 0.6 is 0 Å². The van der Waals surface area contributed by atoms with Crippen LogP contribution in [0.4, 0.5) is 0 Å². The van der Waals surface area contributed by atoms with Crippen molar-refractivity contribution in [2.75, 3.05) is 6.61 Å². The normalized spacial score (nSPS) is 31.2. The lowest BCUT2D eigenvalue weighted by molar-refractivity contribution is -0.0478. The highest BCUT2D eigenvalue weighted by molar-refractivity contribution is 5.53. The van der Waals surface area contributed by atoms with Crippen molar-refractivity contribution in [3.05, 3.63) is 35.9 Å². The first-order chi connectivity index (χ1) is 13.6. The van der Waals surface area contributed by atoms with E-state index in [0.717, 1.165) is 41.9 Å². The van der Waals surface area contributed by atoms with Gasteiger partial charge in [-0.1, -0.05) is 32.6 Å². The molecular formula is C25H36O4. The fourth-order valence-electron chi connectivity index (χ4n) is 5.79. The van der Waals surface area contributed by atoms with Crippen LogP contribution in [0.3, 0.4) is 0 Å². The molecule has 4 atom stereocenters. The van der Waals surface area contributed by atoms with Crippen molar-refractivity contribution in [2.24, 2.45) is 17.3 Å². The van der Waals surface area contributed by atoms with Crippen LogP contribution in [0, 0.1) is 17.3 Å². The molecule has 2 N–H and O–H groups in total. The predicted octanol–water partition coefficient (Wildman–Crippen LogP) is 4.45. The molecule has 4 heteroatoms. The number of fused-ring (bicyclic) bond motifs is 3. The standard InChI is InChI=1S/C25H36O4/c1-6-13-28-19-8-7-17(14-21(26)23(4,5)27)22-18(19)9-10-25(29-22)12-11-24(16(2)3)15-20(24)25/h6-8,16,20-21,26-27H,1,9-15H2,2-5H3/t20-,21-,24+,25+/m1/s1. The molecule has 4 rings (SSSR count). The van der Waals surface area contributed by atoms with Gasteiger partial charge in [0.1, 0.15) is 23.7 Å². The quantitative estimate of drug-likeness (QED) is 0.664. The Labute approximate surface area is 174 Å². The van der Waals surface area contributed by atoms with Crippen molar-refractivity contribution in [1.82, 2.24) is 0 Å². The molecular weight excluding hydrogens is 364 g/mol. The zero-order valence-corrected chi connectivity index (χ0v) is 18.3. The Balaban J connectivity index is 1.67. The number of aliphatic hydroxyl groups excluding tert-OH is 1. The van der Waals surface area contributed by atoms with E-state index in [-0.39, 0.29) is 5.60 Å². The van der Waals surface area contributed by atoms with Crippen LogP contribution < -0.4 is 9.47 Å². The summed E-state index contributed by atoms with van der Waals surface area (Å²) in [4.78, 5) is 0. The first-order valence-electron chi connectivity index (χ1n) is 11.1. The average molecular weight is 401 g/mol. The Morgan fingerprint density at radius 3 is 2.66 bits per heavy atom. The van der Waals surface area contributed by atoms with Crippen LogP contribution in [-0.2, 0) is 12.8 Å². The van der Waals surface area contributed by atoms with E-state index in [2.05, 4.69) is 20.4 Å². The highest BCUT2D eigenvalue weighted by Gasteiger charge is 2.70. The number of hydrogen-bond acceptors (Lipinski definition) is 4. The third kappa shape index (κ3) is 3.38. The minimum Gasteiger partial charge on any atom is -0.489 e. The van der Waals surface area contributed by atoms with Crippen LogP contribution in [0.5, 0.6) is 11.5 Å². The molecule has 1 heterocycles. The predicted molar refractivity (Wildman–Crippen MR) is 114 cm³/mol. The first-order valence-corrected chi connectivity index (χ1v) is 11.1. The van der Waals surface area contributed by atoms with Crippen LogP contribution in [-0.4, -0.2) is 34.1 Å². The topological polar surface area (TPSA) is 58.9 Å². The molecule has 0 radical (unpaired) electrons. The minimum atomic E-state index is -1.16. The third-order valence-electron chi connectivity index (χ3n) is 7.90. The molecule has 2 aliphatic carbocycles. The minimum absolute atomic E-state index is 0.0806. The Morgan fingerprint density at radius 2 is 2.07 bits per heavy atom. The summed E-state index contributed by atoms with van der Waals surface area (Å²) in [5, 5.41) is 20.8. The van der Waals surface area contributed by atoms with E-state index in [9.17, 15) is 10.2 Å². The van der Waals surface area contributed by atoms with Crippen molar-refractivity contribution in [2.45, 2.75) is 83.5 Å².